The summed E-state index contributed by atoms with van der Waals surface area (Å²) in [5.74, 6) is -0.532. The summed E-state index contributed by atoms with van der Waals surface area (Å²) in [5.41, 5.74) is 0.665. The van der Waals surface area contributed by atoms with Crippen LogP contribution in [-0.2, 0) is 16.1 Å². The molecule has 2 aromatic rings. The molecule has 0 atom stereocenters. The minimum Gasteiger partial charge on any atom is -0.378 e. The zero-order valence-corrected chi connectivity index (χ0v) is 12.5. The SMILES string of the molecule is O=C(Cn1cc(-c2ccc(Cl)cc2F)nn1)N1CCOCC1. The molecule has 0 radical (unpaired) electrons. The van der Waals surface area contributed by atoms with E-state index in [1.165, 1.54) is 16.8 Å². The van der Waals surface area contributed by atoms with Crippen molar-refractivity contribution in [2.45, 2.75) is 6.54 Å². The van der Waals surface area contributed by atoms with Gasteiger partial charge in [0.15, 0.2) is 0 Å². The molecule has 1 aromatic heterocycles. The third-order valence-electron chi connectivity index (χ3n) is 3.41. The van der Waals surface area contributed by atoms with Crippen LogP contribution in [0.5, 0.6) is 0 Å². The van der Waals surface area contributed by atoms with Crippen LogP contribution in [0.3, 0.4) is 0 Å². The topological polar surface area (TPSA) is 60.2 Å². The lowest BCUT2D eigenvalue weighted by atomic mass is 10.1. The standard InChI is InChI=1S/C14H14ClFN4O2/c15-10-1-2-11(12(16)7-10)13-8-20(18-17-13)9-14(21)19-3-5-22-6-4-19/h1-2,7-8H,3-6,9H2. The number of carbonyl (C=O) groups is 1. The second kappa shape index (κ2) is 6.41. The first-order valence-corrected chi connectivity index (χ1v) is 7.22. The van der Waals surface area contributed by atoms with E-state index in [0.29, 0.717) is 42.6 Å². The monoisotopic (exact) mass is 324 g/mol. The Kier molecular flexibility index (Phi) is 4.35. The number of hydrogen-bond acceptors (Lipinski definition) is 4. The van der Waals surface area contributed by atoms with Gasteiger partial charge in [-0.15, -0.1) is 5.10 Å². The Bertz CT molecular complexity index is 685. The maximum absolute atomic E-state index is 13.8. The lowest BCUT2D eigenvalue weighted by molar-refractivity contribution is -0.136. The van der Waals surface area contributed by atoms with Gasteiger partial charge >= 0.3 is 0 Å². The van der Waals surface area contributed by atoms with E-state index >= 15 is 0 Å². The van der Waals surface area contributed by atoms with Crippen LogP contribution in [0.4, 0.5) is 4.39 Å². The van der Waals surface area contributed by atoms with E-state index in [2.05, 4.69) is 10.3 Å². The van der Waals surface area contributed by atoms with Gasteiger partial charge in [-0.25, -0.2) is 9.07 Å². The fourth-order valence-electron chi connectivity index (χ4n) is 2.25. The summed E-state index contributed by atoms with van der Waals surface area (Å²) in [6.07, 6.45) is 1.55. The van der Waals surface area contributed by atoms with E-state index in [1.807, 2.05) is 0 Å². The van der Waals surface area contributed by atoms with Gasteiger partial charge in [-0.3, -0.25) is 4.79 Å². The van der Waals surface area contributed by atoms with Gasteiger partial charge in [0.1, 0.15) is 18.1 Å². The molecular weight excluding hydrogens is 311 g/mol. The minimum absolute atomic E-state index is 0.0590. The number of hydrogen-bond donors (Lipinski definition) is 0. The summed E-state index contributed by atoms with van der Waals surface area (Å²) in [6.45, 7) is 2.31. The fraction of sp³-hybridized carbons (Fsp3) is 0.357. The van der Waals surface area contributed by atoms with E-state index in [0.717, 1.165) is 0 Å². The molecule has 1 fully saturated rings. The van der Waals surface area contributed by atoms with Gasteiger partial charge < -0.3 is 9.64 Å². The summed E-state index contributed by atoms with van der Waals surface area (Å²) in [4.78, 5) is 13.8. The lowest BCUT2D eigenvalue weighted by Crippen LogP contribution is -2.42. The second-order valence-electron chi connectivity index (χ2n) is 4.92. The molecule has 0 unspecified atom stereocenters. The Morgan fingerprint density at radius 3 is 2.86 bits per heavy atom. The van der Waals surface area contributed by atoms with Crippen molar-refractivity contribution in [3.63, 3.8) is 0 Å². The molecule has 1 aromatic carbocycles. The summed E-state index contributed by atoms with van der Waals surface area (Å²) in [6, 6.07) is 4.34. The number of aromatic nitrogens is 3. The Labute approximate surface area is 131 Å². The molecular formula is C14H14ClFN4O2. The van der Waals surface area contributed by atoms with Crippen molar-refractivity contribution in [3.8, 4) is 11.3 Å². The molecule has 1 aliphatic heterocycles. The molecule has 1 aliphatic rings. The molecule has 116 valence electrons. The first kappa shape index (κ1) is 14.9. The Morgan fingerprint density at radius 2 is 2.14 bits per heavy atom. The second-order valence-corrected chi connectivity index (χ2v) is 5.36. The number of amides is 1. The van der Waals surface area contributed by atoms with Crippen LogP contribution in [0.25, 0.3) is 11.3 Å². The highest BCUT2D eigenvalue weighted by molar-refractivity contribution is 6.30. The molecule has 22 heavy (non-hydrogen) atoms. The molecule has 0 saturated carbocycles. The van der Waals surface area contributed by atoms with Gasteiger partial charge in [0, 0.05) is 23.7 Å². The van der Waals surface area contributed by atoms with Crippen LogP contribution in [0.2, 0.25) is 5.02 Å². The highest BCUT2D eigenvalue weighted by Crippen LogP contribution is 2.23. The summed E-state index contributed by atoms with van der Waals surface area (Å²) in [7, 11) is 0. The summed E-state index contributed by atoms with van der Waals surface area (Å²) in [5, 5.41) is 8.10. The number of halogens is 2. The third kappa shape index (κ3) is 3.26. The average molecular weight is 325 g/mol. The zero-order chi connectivity index (χ0) is 15.5. The van der Waals surface area contributed by atoms with Crippen molar-refractivity contribution in [2.24, 2.45) is 0 Å². The molecule has 0 aliphatic carbocycles. The number of ether oxygens (including phenoxy) is 1. The van der Waals surface area contributed by atoms with Gasteiger partial charge in [-0.2, -0.15) is 0 Å². The maximum atomic E-state index is 13.8. The van der Waals surface area contributed by atoms with Gasteiger partial charge in [0.25, 0.3) is 0 Å². The molecule has 8 heteroatoms. The first-order chi connectivity index (χ1) is 10.6. The normalized spacial score (nSPS) is 15.1. The van der Waals surface area contributed by atoms with Crippen molar-refractivity contribution in [3.05, 3.63) is 35.2 Å². The highest BCUT2D eigenvalue weighted by Gasteiger charge is 2.18. The Hall–Kier alpha value is -1.99. The van der Waals surface area contributed by atoms with E-state index in [1.54, 1.807) is 17.2 Å². The van der Waals surface area contributed by atoms with Gasteiger partial charge in [-0.05, 0) is 18.2 Å². The molecule has 0 N–H and O–H groups in total. The molecule has 1 amide bonds. The number of morpholine rings is 1. The van der Waals surface area contributed by atoms with Crippen LogP contribution in [0, 0.1) is 5.82 Å². The smallest absolute Gasteiger partial charge is 0.244 e. The predicted octanol–water partition coefficient (Wildman–Crippen LogP) is 1.60. The van der Waals surface area contributed by atoms with Crippen LogP contribution in [0.1, 0.15) is 0 Å². The number of nitrogens with zero attached hydrogens (tertiary/aromatic N) is 4. The quantitative estimate of drug-likeness (QED) is 0.860. The van der Waals surface area contributed by atoms with Crippen LogP contribution >= 0.6 is 11.6 Å². The Balaban J connectivity index is 1.72. The third-order valence-corrected chi connectivity index (χ3v) is 3.64. The summed E-state index contributed by atoms with van der Waals surface area (Å²) >= 11 is 5.72. The molecule has 0 bridgehead atoms. The van der Waals surface area contributed by atoms with Crippen molar-refractivity contribution < 1.29 is 13.9 Å². The molecule has 2 heterocycles. The molecule has 6 nitrogen and oxygen atoms in total. The van der Waals surface area contributed by atoms with E-state index in [4.69, 9.17) is 16.3 Å². The minimum atomic E-state index is -0.473. The van der Waals surface area contributed by atoms with Gasteiger partial charge in [-0.1, -0.05) is 16.8 Å². The molecule has 3 rings (SSSR count). The largest absolute Gasteiger partial charge is 0.378 e. The summed E-state index contributed by atoms with van der Waals surface area (Å²) < 4.78 is 20.5. The highest BCUT2D eigenvalue weighted by atomic mass is 35.5. The van der Waals surface area contributed by atoms with Crippen molar-refractivity contribution in [1.29, 1.82) is 0 Å². The van der Waals surface area contributed by atoms with Gasteiger partial charge in [0.2, 0.25) is 5.91 Å². The Morgan fingerprint density at radius 1 is 1.36 bits per heavy atom. The van der Waals surface area contributed by atoms with Crippen molar-refractivity contribution in [1.82, 2.24) is 19.9 Å². The fourth-order valence-corrected chi connectivity index (χ4v) is 2.41. The van der Waals surface area contributed by atoms with Crippen LogP contribution < -0.4 is 0 Å². The lowest BCUT2D eigenvalue weighted by Gasteiger charge is -2.26. The van der Waals surface area contributed by atoms with E-state index in [-0.39, 0.29) is 12.5 Å². The van der Waals surface area contributed by atoms with Crippen LogP contribution in [-0.4, -0.2) is 52.1 Å². The van der Waals surface area contributed by atoms with E-state index in [9.17, 15) is 9.18 Å². The first-order valence-electron chi connectivity index (χ1n) is 6.84. The zero-order valence-electron chi connectivity index (χ0n) is 11.7. The number of benzene rings is 1. The molecule has 1 saturated heterocycles. The number of carbonyl (C=O) groups excluding carboxylic acids is 1. The van der Waals surface area contributed by atoms with Crippen molar-refractivity contribution in [2.75, 3.05) is 26.3 Å². The van der Waals surface area contributed by atoms with Gasteiger partial charge in [0.05, 0.1) is 19.4 Å². The predicted molar refractivity (Wildman–Crippen MR) is 77.8 cm³/mol. The maximum Gasteiger partial charge on any atom is 0.244 e. The molecule has 0 spiro atoms. The van der Waals surface area contributed by atoms with Crippen LogP contribution in [0.15, 0.2) is 24.4 Å². The van der Waals surface area contributed by atoms with Crippen molar-refractivity contribution >= 4 is 17.5 Å². The number of rotatable bonds is 3. The van der Waals surface area contributed by atoms with E-state index < -0.39 is 5.82 Å². The average Bonchev–Trinajstić information content (AvgIpc) is 2.96.